The van der Waals surface area contributed by atoms with Crippen LogP contribution in [0, 0.1) is 0 Å². The van der Waals surface area contributed by atoms with Crippen LogP contribution in [0.2, 0.25) is 0 Å². The normalized spacial score (nSPS) is 11.5. The summed E-state index contributed by atoms with van der Waals surface area (Å²) in [6.07, 6.45) is 1.01. The highest BCUT2D eigenvalue weighted by atomic mass is 16.7. The molecule has 0 radical (unpaired) electrons. The molecule has 0 heterocycles. The Bertz CT molecular complexity index is 339. The fourth-order valence-electron chi connectivity index (χ4n) is 1.68. The van der Waals surface area contributed by atoms with Gasteiger partial charge in [-0.25, -0.2) is 0 Å². The van der Waals surface area contributed by atoms with Crippen LogP contribution in [0.4, 0.5) is 0 Å². The maximum Gasteiger partial charge on any atom is 0.241 e. The number of ether oxygens (including phenoxy) is 2. The van der Waals surface area contributed by atoms with Crippen LogP contribution in [0.5, 0.6) is 0 Å². The van der Waals surface area contributed by atoms with Gasteiger partial charge in [-0.1, -0.05) is 30.3 Å². The first-order valence-electron chi connectivity index (χ1n) is 5.56. The lowest BCUT2D eigenvalue weighted by Gasteiger charge is -2.27. The molecule has 1 aromatic carbocycles. The van der Waals surface area contributed by atoms with E-state index in [0.29, 0.717) is 12.8 Å². The van der Waals surface area contributed by atoms with Gasteiger partial charge < -0.3 is 15.2 Å². The molecule has 0 saturated carbocycles. The van der Waals surface area contributed by atoms with Crippen molar-refractivity contribution in [2.24, 2.45) is 5.73 Å². The molecule has 0 aromatic heterocycles. The Morgan fingerprint density at radius 1 is 1.24 bits per heavy atom. The van der Waals surface area contributed by atoms with E-state index in [1.807, 2.05) is 30.3 Å². The van der Waals surface area contributed by atoms with Gasteiger partial charge in [0.2, 0.25) is 5.79 Å². The predicted molar refractivity (Wildman–Crippen MR) is 65.6 cm³/mol. The van der Waals surface area contributed by atoms with Crippen LogP contribution in [0.25, 0.3) is 0 Å². The lowest BCUT2D eigenvalue weighted by molar-refractivity contribution is -0.202. The first-order chi connectivity index (χ1) is 8.18. The van der Waals surface area contributed by atoms with Gasteiger partial charge in [0.15, 0.2) is 5.78 Å². The van der Waals surface area contributed by atoms with Crippen molar-refractivity contribution in [2.75, 3.05) is 20.8 Å². The molecule has 4 heteroatoms. The van der Waals surface area contributed by atoms with Gasteiger partial charge >= 0.3 is 0 Å². The third kappa shape index (κ3) is 3.36. The van der Waals surface area contributed by atoms with E-state index in [0.717, 1.165) is 5.56 Å². The van der Waals surface area contributed by atoms with E-state index in [-0.39, 0.29) is 12.3 Å². The molecule has 0 atom stereocenters. The summed E-state index contributed by atoms with van der Waals surface area (Å²) in [6.45, 7) is 0.0215. The van der Waals surface area contributed by atoms with Crippen molar-refractivity contribution in [2.45, 2.75) is 18.6 Å². The molecule has 0 bridgehead atoms. The number of carbonyl (C=O) groups is 1. The molecule has 0 aliphatic carbocycles. The molecule has 0 saturated heterocycles. The number of benzene rings is 1. The minimum atomic E-state index is -1.30. The van der Waals surface area contributed by atoms with Crippen molar-refractivity contribution in [3.05, 3.63) is 35.9 Å². The quantitative estimate of drug-likeness (QED) is 0.722. The number of methoxy groups -OCH3 is 2. The monoisotopic (exact) mass is 237 g/mol. The fraction of sp³-hybridized carbons (Fsp3) is 0.462. The Kier molecular flexibility index (Phi) is 5.28. The van der Waals surface area contributed by atoms with Gasteiger partial charge in [-0.2, -0.15) is 0 Å². The van der Waals surface area contributed by atoms with Crippen molar-refractivity contribution < 1.29 is 14.3 Å². The Morgan fingerprint density at radius 3 is 2.29 bits per heavy atom. The van der Waals surface area contributed by atoms with Gasteiger partial charge in [-0.05, 0) is 12.0 Å². The second kappa shape index (κ2) is 6.49. The Balaban J connectivity index is 2.60. The molecule has 0 unspecified atom stereocenters. The summed E-state index contributed by atoms with van der Waals surface area (Å²) in [5.41, 5.74) is 6.64. The molecule has 0 amide bonds. The van der Waals surface area contributed by atoms with Crippen molar-refractivity contribution >= 4 is 5.78 Å². The lowest BCUT2D eigenvalue weighted by Crippen LogP contribution is -2.49. The van der Waals surface area contributed by atoms with E-state index >= 15 is 0 Å². The predicted octanol–water partition coefficient (Wildman–Crippen LogP) is 1.14. The summed E-state index contributed by atoms with van der Waals surface area (Å²) in [7, 11) is 2.85. The number of carbonyl (C=O) groups excluding carboxylic acids is 1. The van der Waals surface area contributed by atoms with Gasteiger partial charge in [-0.15, -0.1) is 0 Å². The molecule has 1 rings (SSSR count). The number of rotatable bonds is 7. The first-order valence-corrected chi connectivity index (χ1v) is 5.56. The van der Waals surface area contributed by atoms with Crippen molar-refractivity contribution in [3.8, 4) is 0 Å². The topological polar surface area (TPSA) is 61.6 Å². The number of Topliss-reactive ketones (excluding diaryl/α,β-unsaturated/α-hetero) is 1. The molecule has 4 nitrogen and oxygen atoms in total. The molecule has 0 aliphatic rings. The van der Waals surface area contributed by atoms with Gasteiger partial charge in [0, 0.05) is 20.6 Å². The van der Waals surface area contributed by atoms with Crippen LogP contribution >= 0.6 is 0 Å². The van der Waals surface area contributed by atoms with E-state index in [1.54, 1.807) is 0 Å². The van der Waals surface area contributed by atoms with Crippen LogP contribution in [0.3, 0.4) is 0 Å². The summed E-state index contributed by atoms with van der Waals surface area (Å²) in [6, 6.07) is 9.80. The zero-order valence-electron chi connectivity index (χ0n) is 10.3. The number of aryl methyl sites for hydroxylation is 1. The standard InChI is InChI=1S/C13H19NO3/c1-16-13(10-14,17-2)12(15)9-8-11-6-4-3-5-7-11/h3-7H,8-10,14H2,1-2H3. The number of hydrogen-bond donors (Lipinski definition) is 1. The zero-order chi connectivity index (χ0) is 12.7. The maximum atomic E-state index is 12.0. The number of ketones is 1. The molecule has 0 spiro atoms. The Morgan fingerprint density at radius 2 is 1.82 bits per heavy atom. The molecular weight excluding hydrogens is 218 g/mol. The van der Waals surface area contributed by atoms with E-state index in [2.05, 4.69) is 0 Å². The maximum absolute atomic E-state index is 12.0. The highest BCUT2D eigenvalue weighted by molar-refractivity contribution is 5.86. The molecule has 1 aromatic rings. The van der Waals surface area contributed by atoms with Crippen molar-refractivity contribution in [3.63, 3.8) is 0 Å². The molecule has 0 aliphatic heterocycles. The largest absolute Gasteiger partial charge is 0.346 e. The van der Waals surface area contributed by atoms with Crippen molar-refractivity contribution in [1.29, 1.82) is 0 Å². The molecule has 2 N–H and O–H groups in total. The van der Waals surface area contributed by atoms with Crippen LogP contribution in [-0.4, -0.2) is 32.3 Å². The molecular formula is C13H19NO3. The van der Waals surface area contributed by atoms with Crippen LogP contribution in [0.15, 0.2) is 30.3 Å². The average molecular weight is 237 g/mol. The van der Waals surface area contributed by atoms with E-state index < -0.39 is 5.79 Å². The Labute approximate surface area is 102 Å². The second-order valence-electron chi connectivity index (χ2n) is 3.77. The number of hydrogen-bond acceptors (Lipinski definition) is 4. The minimum absolute atomic E-state index is 0.0215. The minimum Gasteiger partial charge on any atom is -0.346 e. The van der Waals surface area contributed by atoms with E-state index in [4.69, 9.17) is 15.2 Å². The molecule has 94 valence electrons. The van der Waals surface area contributed by atoms with E-state index in [1.165, 1.54) is 14.2 Å². The number of nitrogens with two attached hydrogens (primary N) is 1. The first kappa shape index (κ1) is 13.8. The summed E-state index contributed by atoms with van der Waals surface area (Å²) in [5, 5.41) is 0. The van der Waals surface area contributed by atoms with Gasteiger partial charge in [-0.3, -0.25) is 4.79 Å². The summed E-state index contributed by atoms with van der Waals surface area (Å²) in [5.74, 6) is -1.43. The van der Waals surface area contributed by atoms with Crippen LogP contribution in [0.1, 0.15) is 12.0 Å². The van der Waals surface area contributed by atoms with Crippen molar-refractivity contribution in [1.82, 2.24) is 0 Å². The average Bonchev–Trinajstić information content (AvgIpc) is 2.40. The van der Waals surface area contributed by atoms with Gasteiger partial charge in [0.1, 0.15) is 0 Å². The lowest BCUT2D eigenvalue weighted by atomic mass is 10.0. The third-order valence-electron chi connectivity index (χ3n) is 2.84. The molecule has 17 heavy (non-hydrogen) atoms. The SMILES string of the molecule is COC(CN)(OC)C(=O)CCc1ccccc1. The van der Waals surface area contributed by atoms with E-state index in [9.17, 15) is 4.79 Å². The highest BCUT2D eigenvalue weighted by Gasteiger charge is 2.36. The summed E-state index contributed by atoms with van der Waals surface area (Å²) < 4.78 is 10.2. The second-order valence-corrected chi connectivity index (χ2v) is 3.77. The third-order valence-corrected chi connectivity index (χ3v) is 2.84. The van der Waals surface area contributed by atoms with Gasteiger partial charge in [0.25, 0.3) is 0 Å². The van der Waals surface area contributed by atoms with Crippen LogP contribution in [-0.2, 0) is 20.7 Å². The molecule has 0 fully saturated rings. The fourth-order valence-corrected chi connectivity index (χ4v) is 1.68. The summed E-state index contributed by atoms with van der Waals surface area (Å²) >= 11 is 0. The van der Waals surface area contributed by atoms with Crippen LogP contribution < -0.4 is 5.73 Å². The van der Waals surface area contributed by atoms with Gasteiger partial charge in [0.05, 0.1) is 6.54 Å². The highest BCUT2D eigenvalue weighted by Crippen LogP contribution is 2.15. The Hall–Kier alpha value is -1.23. The smallest absolute Gasteiger partial charge is 0.241 e. The summed E-state index contributed by atoms with van der Waals surface area (Å²) in [4.78, 5) is 12.0. The zero-order valence-corrected chi connectivity index (χ0v) is 10.3.